The van der Waals surface area contributed by atoms with E-state index in [4.69, 9.17) is 10.4 Å². The fraction of sp³-hybridized carbons (Fsp3) is 0. The molecule has 3 nitrogen and oxygen atoms in total. The number of carbonyl (C=O) groups is 1. The van der Waals surface area contributed by atoms with Crippen LogP contribution in [-0.2, 0) is 0 Å². The highest BCUT2D eigenvalue weighted by Crippen LogP contribution is 2.18. The van der Waals surface area contributed by atoms with E-state index < -0.39 is 23.2 Å². The normalized spacial score (nSPS) is 10.2. The van der Waals surface area contributed by atoms with Crippen LogP contribution in [0.2, 0.25) is 0 Å². The number of halogens is 2. The topological polar surface area (TPSA) is 61.1 Å². The van der Waals surface area contributed by atoms with Crippen LogP contribution in [0, 0.1) is 23.0 Å². The number of allylic oxidation sites excluding steroid dienone is 1. The SMILES string of the molecule is N#CC=Cc1ccc(F)c(C(=O)O)c1F. The van der Waals surface area contributed by atoms with Gasteiger partial charge in [-0.3, -0.25) is 0 Å². The summed E-state index contributed by atoms with van der Waals surface area (Å²) in [5, 5.41) is 16.7. The van der Waals surface area contributed by atoms with E-state index in [9.17, 15) is 13.6 Å². The van der Waals surface area contributed by atoms with Gasteiger partial charge < -0.3 is 5.11 Å². The van der Waals surface area contributed by atoms with Crippen molar-refractivity contribution in [2.75, 3.05) is 0 Å². The van der Waals surface area contributed by atoms with E-state index in [-0.39, 0.29) is 5.56 Å². The lowest BCUT2D eigenvalue weighted by molar-refractivity contribution is 0.0686. The van der Waals surface area contributed by atoms with Crippen LogP contribution in [0.1, 0.15) is 15.9 Å². The highest BCUT2D eigenvalue weighted by atomic mass is 19.1. The Morgan fingerprint density at radius 2 is 2.13 bits per heavy atom. The summed E-state index contributed by atoms with van der Waals surface area (Å²) in [6, 6.07) is 3.52. The lowest BCUT2D eigenvalue weighted by Gasteiger charge is -2.02. The zero-order chi connectivity index (χ0) is 11.4. The van der Waals surface area contributed by atoms with Gasteiger partial charge in [0.1, 0.15) is 17.2 Å². The second kappa shape index (κ2) is 4.33. The van der Waals surface area contributed by atoms with Crippen molar-refractivity contribution < 1.29 is 18.7 Å². The summed E-state index contributed by atoms with van der Waals surface area (Å²) in [5.74, 6) is -4.01. The van der Waals surface area contributed by atoms with Crippen molar-refractivity contribution >= 4 is 12.0 Å². The zero-order valence-electron chi connectivity index (χ0n) is 7.37. The van der Waals surface area contributed by atoms with Crippen molar-refractivity contribution in [2.24, 2.45) is 0 Å². The number of nitrogens with zero attached hydrogens (tertiary/aromatic N) is 1. The van der Waals surface area contributed by atoms with Crippen LogP contribution < -0.4 is 0 Å². The van der Waals surface area contributed by atoms with Crippen molar-refractivity contribution in [3.63, 3.8) is 0 Å². The molecular weight excluding hydrogens is 204 g/mol. The summed E-state index contributed by atoms with van der Waals surface area (Å²) in [4.78, 5) is 10.5. The Labute approximate surface area is 83.9 Å². The number of carboxylic acid groups (broad SMARTS) is 1. The number of benzene rings is 1. The molecule has 76 valence electrons. The lowest BCUT2D eigenvalue weighted by atomic mass is 10.1. The number of hydrogen-bond donors (Lipinski definition) is 1. The molecular formula is C10H5F2NO2. The van der Waals surface area contributed by atoms with Gasteiger partial charge in [0.05, 0.1) is 6.07 Å². The molecule has 0 heterocycles. The predicted octanol–water partition coefficient (Wildman–Crippen LogP) is 2.20. The van der Waals surface area contributed by atoms with Gasteiger partial charge in [-0.25, -0.2) is 13.6 Å². The molecule has 0 radical (unpaired) electrons. The van der Waals surface area contributed by atoms with Gasteiger partial charge in [0.2, 0.25) is 0 Å². The molecule has 0 aliphatic heterocycles. The minimum Gasteiger partial charge on any atom is -0.477 e. The first-order chi connectivity index (χ1) is 7.07. The molecule has 1 N–H and O–H groups in total. The third-order valence-electron chi connectivity index (χ3n) is 1.67. The Morgan fingerprint density at radius 1 is 1.47 bits per heavy atom. The minimum atomic E-state index is -1.68. The van der Waals surface area contributed by atoms with Crippen LogP contribution in [0.4, 0.5) is 8.78 Å². The minimum absolute atomic E-state index is 0.143. The number of hydrogen-bond acceptors (Lipinski definition) is 2. The van der Waals surface area contributed by atoms with Crippen molar-refractivity contribution in [3.8, 4) is 6.07 Å². The van der Waals surface area contributed by atoms with Gasteiger partial charge in [-0.05, 0) is 18.2 Å². The molecule has 0 bridgehead atoms. The molecule has 15 heavy (non-hydrogen) atoms. The lowest BCUT2D eigenvalue weighted by Crippen LogP contribution is -2.05. The summed E-state index contributed by atoms with van der Waals surface area (Å²) in [6.45, 7) is 0. The quantitative estimate of drug-likeness (QED) is 0.759. The molecule has 0 aliphatic carbocycles. The maximum absolute atomic E-state index is 13.3. The van der Waals surface area contributed by atoms with Gasteiger partial charge in [0, 0.05) is 11.6 Å². The molecule has 0 amide bonds. The van der Waals surface area contributed by atoms with Gasteiger partial charge in [-0.2, -0.15) is 5.26 Å². The van der Waals surface area contributed by atoms with Gasteiger partial charge in [-0.15, -0.1) is 0 Å². The van der Waals surface area contributed by atoms with Gasteiger partial charge in [0.15, 0.2) is 0 Å². The van der Waals surface area contributed by atoms with Crippen molar-refractivity contribution in [3.05, 3.63) is 41.0 Å². The third-order valence-corrected chi connectivity index (χ3v) is 1.67. The maximum atomic E-state index is 13.3. The van der Waals surface area contributed by atoms with E-state index >= 15 is 0 Å². The highest BCUT2D eigenvalue weighted by molar-refractivity contribution is 5.89. The monoisotopic (exact) mass is 209 g/mol. The van der Waals surface area contributed by atoms with E-state index in [2.05, 4.69) is 0 Å². The van der Waals surface area contributed by atoms with Crippen molar-refractivity contribution in [1.29, 1.82) is 5.26 Å². The largest absolute Gasteiger partial charge is 0.477 e. The molecule has 0 spiro atoms. The molecule has 1 aromatic rings. The Balaban J connectivity index is 3.36. The Hall–Kier alpha value is -2.22. The van der Waals surface area contributed by atoms with Crippen LogP contribution >= 0.6 is 0 Å². The average molecular weight is 209 g/mol. The highest BCUT2D eigenvalue weighted by Gasteiger charge is 2.18. The summed E-state index contributed by atoms with van der Waals surface area (Å²) in [6.07, 6.45) is 2.04. The van der Waals surface area contributed by atoms with E-state index in [0.717, 1.165) is 24.3 Å². The van der Waals surface area contributed by atoms with Crippen LogP contribution in [0.15, 0.2) is 18.2 Å². The van der Waals surface area contributed by atoms with Gasteiger partial charge in [0.25, 0.3) is 0 Å². The van der Waals surface area contributed by atoms with E-state index in [1.165, 1.54) is 0 Å². The first kappa shape index (κ1) is 10.9. The molecule has 0 saturated carbocycles. The van der Waals surface area contributed by atoms with E-state index in [1.54, 1.807) is 6.07 Å². The molecule has 5 heteroatoms. The van der Waals surface area contributed by atoms with Gasteiger partial charge >= 0.3 is 5.97 Å². The number of rotatable bonds is 2. The van der Waals surface area contributed by atoms with E-state index in [1.807, 2.05) is 0 Å². The van der Waals surface area contributed by atoms with Gasteiger partial charge in [-0.1, -0.05) is 0 Å². The van der Waals surface area contributed by atoms with Crippen LogP contribution in [0.3, 0.4) is 0 Å². The Morgan fingerprint density at radius 3 is 2.67 bits per heavy atom. The first-order valence-corrected chi connectivity index (χ1v) is 3.85. The van der Waals surface area contributed by atoms with Crippen molar-refractivity contribution in [1.82, 2.24) is 0 Å². The molecule has 0 fully saturated rings. The Bertz CT molecular complexity index is 475. The van der Waals surface area contributed by atoms with Crippen LogP contribution in [0.5, 0.6) is 0 Å². The zero-order valence-corrected chi connectivity index (χ0v) is 7.37. The molecule has 1 rings (SSSR count). The first-order valence-electron chi connectivity index (χ1n) is 3.85. The summed E-state index contributed by atoms with van der Waals surface area (Å²) in [5.41, 5.74) is -1.16. The fourth-order valence-electron chi connectivity index (χ4n) is 1.02. The fourth-order valence-corrected chi connectivity index (χ4v) is 1.02. The Kier molecular flexibility index (Phi) is 3.13. The van der Waals surface area contributed by atoms with Crippen LogP contribution in [-0.4, -0.2) is 11.1 Å². The average Bonchev–Trinajstić information content (AvgIpc) is 2.16. The smallest absolute Gasteiger partial charge is 0.341 e. The van der Waals surface area contributed by atoms with Crippen LogP contribution in [0.25, 0.3) is 6.08 Å². The number of carboxylic acids is 1. The third kappa shape index (κ3) is 2.17. The number of nitriles is 1. The summed E-state index contributed by atoms with van der Waals surface area (Å²) in [7, 11) is 0. The second-order valence-electron chi connectivity index (χ2n) is 2.59. The summed E-state index contributed by atoms with van der Waals surface area (Å²) < 4.78 is 26.2. The van der Waals surface area contributed by atoms with Crippen molar-refractivity contribution in [2.45, 2.75) is 0 Å². The molecule has 0 unspecified atom stereocenters. The summed E-state index contributed by atoms with van der Waals surface area (Å²) >= 11 is 0. The molecule has 0 atom stereocenters. The molecule has 1 aromatic carbocycles. The standard InChI is InChI=1S/C10H5F2NO2/c11-7-4-3-6(2-1-5-13)9(12)8(7)10(14)15/h1-4H,(H,14,15). The maximum Gasteiger partial charge on any atom is 0.341 e. The number of aromatic carboxylic acids is 1. The molecule has 0 aliphatic rings. The molecule has 0 saturated heterocycles. The second-order valence-corrected chi connectivity index (χ2v) is 2.59. The molecule has 0 aromatic heterocycles. The van der Waals surface area contributed by atoms with E-state index in [0.29, 0.717) is 0 Å². The predicted molar refractivity (Wildman–Crippen MR) is 48.0 cm³/mol.